The summed E-state index contributed by atoms with van der Waals surface area (Å²) in [5.74, 6) is 0. The van der Waals surface area contributed by atoms with Gasteiger partial charge in [-0.25, -0.2) is 0 Å². The molecule has 0 amide bonds. The van der Waals surface area contributed by atoms with Gasteiger partial charge in [0.05, 0.1) is 27.7 Å². The number of quaternary nitrogens is 1. The van der Waals surface area contributed by atoms with Crippen molar-refractivity contribution in [1.29, 1.82) is 0 Å². The van der Waals surface area contributed by atoms with Gasteiger partial charge in [-0.3, -0.25) is 0 Å². The number of likely N-dealkylation sites (N-methyl/N-ethyl adjacent to an activating group) is 1. The van der Waals surface area contributed by atoms with Gasteiger partial charge in [-0.1, -0.05) is 76.9 Å². The minimum absolute atomic E-state index is 0.0747. The van der Waals surface area contributed by atoms with Crippen molar-refractivity contribution in [3.8, 4) is 0 Å². The first kappa shape index (κ1) is 29.8. The Morgan fingerprint density at radius 3 is 1.83 bits per heavy atom. The zero-order valence-corrected chi connectivity index (χ0v) is 21.2. The van der Waals surface area contributed by atoms with E-state index in [1.165, 1.54) is 57.8 Å². The number of hydrogen-bond acceptors (Lipinski definition) is 4. The summed E-state index contributed by atoms with van der Waals surface area (Å²) >= 11 is 0. The molecule has 1 N–H and O–H groups in total. The van der Waals surface area contributed by atoms with Crippen molar-refractivity contribution in [1.82, 2.24) is 0 Å². The highest BCUT2D eigenvalue weighted by atomic mass is 31.2. The molecule has 0 spiro atoms. The Morgan fingerprint density at radius 1 is 0.867 bits per heavy atom. The van der Waals surface area contributed by atoms with Crippen LogP contribution in [-0.4, -0.2) is 56.2 Å². The van der Waals surface area contributed by atoms with Crippen LogP contribution < -0.4 is 4.89 Å². The van der Waals surface area contributed by atoms with Crippen LogP contribution in [0, 0.1) is 0 Å². The monoisotopic (exact) mass is 447 g/mol. The van der Waals surface area contributed by atoms with E-state index < -0.39 is 13.7 Å². The molecule has 0 heterocycles. The molecule has 0 aliphatic rings. The Balaban J connectivity index is 3.49. The van der Waals surface area contributed by atoms with Crippen molar-refractivity contribution in [3.63, 3.8) is 0 Å². The van der Waals surface area contributed by atoms with E-state index in [-0.39, 0.29) is 12.8 Å². The molecule has 2 atom stereocenters. The highest BCUT2D eigenvalue weighted by molar-refractivity contribution is 7.51. The SMILES string of the molecule is CCCCCCCC/C=C/CCCCCCCCP(=O)([O-])OCC(O)C[N+](C)(C)C. The third-order valence-electron chi connectivity index (χ3n) is 5.17. The van der Waals surface area contributed by atoms with Gasteiger partial charge < -0.3 is 23.6 Å². The molecular formula is C24H50NO4P. The molecule has 6 heteroatoms. The zero-order valence-electron chi connectivity index (χ0n) is 20.3. The highest BCUT2D eigenvalue weighted by Gasteiger charge is 2.18. The number of aliphatic hydroxyl groups is 1. The largest absolute Gasteiger partial charge is 0.778 e. The maximum Gasteiger partial charge on any atom is 0.135 e. The van der Waals surface area contributed by atoms with Crippen LogP contribution in [0.1, 0.15) is 96.8 Å². The second-order valence-electron chi connectivity index (χ2n) is 9.69. The van der Waals surface area contributed by atoms with E-state index in [1.807, 2.05) is 21.1 Å². The van der Waals surface area contributed by atoms with Crippen LogP contribution >= 0.6 is 7.60 Å². The smallest absolute Gasteiger partial charge is 0.135 e. The Labute approximate surface area is 187 Å². The molecule has 2 unspecified atom stereocenters. The number of aliphatic hydroxyl groups excluding tert-OH is 1. The van der Waals surface area contributed by atoms with Gasteiger partial charge in [0.25, 0.3) is 0 Å². The normalized spacial score (nSPS) is 15.5. The van der Waals surface area contributed by atoms with E-state index in [4.69, 9.17) is 4.52 Å². The second-order valence-corrected chi connectivity index (χ2v) is 11.6. The lowest BCUT2D eigenvalue weighted by molar-refractivity contribution is -0.873. The molecule has 0 aromatic carbocycles. The maximum atomic E-state index is 11.9. The predicted molar refractivity (Wildman–Crippen MR) is 127 cm³/mol. The summed E-state index contributed by atoms with van der Waals surface area (Å²) < 4.78 is 17.5. The van der Waals surface area contributed by atoms with Gasteiger partial charge >= 0.3 is 0 Å². The molecule has 0 aliphatic carbocycles. The van der Waals surface area contributed by atoms with Gasteiger partial charge in [-0.2, -0.15) is 0 Å². The fraction of sp³-hybridized carbons (Fsp3) is 0.917. The van der Waals surface area contributed by atoms with Crippen LogP contribution in [0.15, 0.2) is 12.2 Å². The average molecular weight is 448 g/mol. The molecule has 0 rings (SSSR count). The van der Waals surface area contributed by atoms with Crippen LogP contribution in [0.4, 0.5) is 0 Å². The van der Waals surface area contributed by atoms with Gasteiger partial charge in [-0.05, 0) is 32.1 Å². The molecule has 0 bridgehead atoms. The van der Waals surface area contributed by atoms with Gasteiger partial charge in [0, 0.05) is 6.16 Å². The molecule has 30 heavy (non-hydrogen) atoms. The van der Waals surface area contributed by atoms with Crippen LogP contribution in [-0.2, 0) is 9.09 Å². The van der Waals surface area contributed by atoms with Crippen molar-refractivity contribution in [2.45, 2.75) is 103 Å². The Bertz CT molecular complexity index is 463. The Hall–Kier alpha value is -0.190. The van der Waals surface area contributed by atoms with Crippen LogP contribution in [0.25, 0.3) is 0 Å². The summed E-state index contributed by atoms with van der Waals surface area (Å²) in [6, 6.07) is 0. The predicted octanol–water partition coefficient (Wildman–Crippen LogP) is 5.66. The molecule has 180 valence electrons. The number of rotatable bonds is 21. The minimum Gasteiger partial charge on any atom is -0.778 e. The van der Waals surface area contributed by atoms with Gasteiger partial charge in [0.1, 0.15) is 20.2 Å². The Kier molecular flexibility index (Phi) is 18.3. The molecule has 0 aromatic rings. The quantitative estimate of drug-likeness (QED) is 0.107. The van der Waals surface area contributed by atoms with Crippen LogP contribution in [0.2, 0.25) is 0 Å². The Morgan fingerprint density at radius 2 is 1.33 bits per heavy atom. The molecule has 0 saturated heterocycles. The summed E-state index contributed by atoms with van der Waals surface area (Å²) in [5, 5.41) is 9.86. The van der Waals surface area contributed by atoms with Crippen molar-refractivity contribution >= 4 is 7.60 Å². The summed E-state index contributed by atoms with van der Waals surface area (Å²) in [5.41, 5.74) is 0. The van der Waals surface area contributed by atoms with E-state index in [2.05, 4.69) is 19.1 Å². The summed E-state index contributed by atoms with van der Waals surface area (Å²) in [6.07, 6.45) is 20.7. The highest BCUT2D eigenvalue weighted by Crippen LogP contribution is 2.38. The van der Waals surface area contributed by atoms with Gasteiger partial charge in [0.2, 0.25) is 0 Å². The summed E-state index contributed by atoms with van der Waals surface area (Å²) in [4.78, 5) is 11.9. The van der Waals surface area contributed by atoms with E-state index >= 15 is 0 Å². The van der Waals surface area contributed by atoms with E-state index in [0.29, 0.717) is 17.4 Å². The fourth-order valence-electron chi connectivity index (χ4n) is 3.50. The van der Waals surface area contributed by atoms with Crippen molar-refractivity contribution in [3.05, 3.63) is 12.2 Å². The van der Waals surface area contributed by atoms with Gasteiger partial charge in [-0.15, -0.1) is 0 Å². The van der Waals surface area contributed by atoms with E-state index in [1.54, 1.807) is 0 Å². The summed E-state index contributed by atoms with van der Waals surface area (Å²) in [6.45, 7) is 2.59. The third-order valence-corrected chi connectivity index (χ3v) is 6.57. The average Bonchev–Trinajstić information content (AvgIpc) is 2.65. The lowest BCUT2D eigenvalue weighted by Crippen LogP contribution is -2.43. The first-order chi connectivity index (χ1) is 14.2. The third kappa shape index (κ3) is 22.5. The zero-order chi connectivity index (χ0) is 22.7. The number of unbranched alkanes of at least 4 members (excludes halogenated alkanes) is 12. The first-order valence-electron chi connectivity index (χ1n) is 12.2. The van der Waals surface area contributed by atoms with Crippen LogP contribution in [0.5, 0.6) is 0 Å². The van der Waals surface area contributed by atoms with Crippen molar-refractivity contribution < 1.29 is 23.6 Å². The number of allylic oxidation sites excluding steroid dienone is 2. The molecule has 0 fully saturated rings. The molecule has 5 nitrogen and oxygen atoms in total. The maximum absolute atomic E-state index is 11.9. The topological polar surface area (TPSA) is 69.6 Å². The molecular weight excluding hydrogens is 397 g/mol. The second kappa shape index (κ2) is 18.4. The van der Waals surface area contributed by atoms with Crippen molar-refractivity contribution in [2.24, 2.45) is 0 Å². The van der Waals surface area contributed by atoms with E-state index in [0.717, 1.165) is 25.7 Å². The fourth-order valence-corrected chi connectivity index (χ4v) is 4.64. The lowest BCUT2D eigenvalue weighted by atomic mass is 10.1. The van der Waals surface area contributed by atoms with E-state index in [9.17, 15) is 14.6 Å². The lowest BCUT2D eigenvalue weighted by Gasteiger charge is -2.29. The molecule has 0 aromatic heterocycles. The van der Waals surface area contributed by atoms with Crippen LogP contribution in [0.3, 0.4) is 0 Å². The number of hydrogen-bond donors (Lipinski definition) is 1. The van der Waals surface area contributed by atoms with Gasteiger partial charge in [0.15, 0.2) is 0 Å². The number of nitrogens with zero attached hydrogens (tertiary/aromatic N) is 1. The van der Waals surface area contributed by atoms with Crippen molar-refractivity contribution in [2.75, 3.05) is 40.5 Å². The molecule has 0 aliphatic heterocycles. The first-order valence-corrected chi connectivity index (χ1v) is 14.0. The summed E-state index contributed by atoms with van der Waals surface area (Å²) in [7, 11) is 2.03. The molecule has 0 radical (unpaired) electrons. The standard InChI is InChI=1S/C24H50NO4P/c1-5-6-7-8-9-10-11-12-13-14-15-16-17-18-19-20-21-30(27,28)29-23-24(26)22-25(2,3)4/h12-13,24,26H,5-11,14-23H2,1-4H3/b13-12+. The molecule has 0 saturated carbocycles. The minimum atomic E-state index is -3.83.